The van der Waals surface area contributed by atoms with Crippen LogP contribution in [0.2, 0.25) is 0 Å². The zero-order chi connectivity index (χ0) is 15.8. The Morgan fingerprint density at radius 3 is 2.67 bits per heavy atom. The highest BCUT2D eigenvalue weighted by atomic mass is 32.1. The number of nitrogens with zero attached hydrogens (tertiary/aromatic N) is 1. The minimum Gasteiger partial charge on any atom is -0.480 e. The number of nitrogens with two attached hydrogens (primary N) is 1. The number of rotatable bonds is 8. The van der Waals surface area contributed by atoms with Crippen LogP contribution in [0.15, 0.2) is 17.5 Å². The first kappa shape index (κ1) is 17.0. The molecule has 0 fully saturated rings. The lowest BCUT2D eigenvalue weighted by molar-refractivity contribution is -0.139. The van der Waals surface area contributed by atoms with Gasteiger partial charge in [0.15, 0.2) is 0 Å². The summed E-state index contributed by atoms with van der Waals surface area (Å²) in [6.45, 7) is 2.68. The van der Waals surface area contributed by atoms with Crippen LogP contribution in [0.5, 0.6) is 0 Å². The summed E-state index contributed by atoms with van der Waals surface area (Å²) in [5, 5.41) is 13.4. The van der Waals surface area contributed by atoms with Gasteiger partial charge >= 0.3 is 12.0 Å². The molecule has 3 amide bonds. The van der Waals surface area contributed by atoms with Gasteiger partial charge in [0.25, 0.3) is 0 Å². The number of carbonyl (C=O) groups excluding carboxylic acids is 2. The van der Waals surface area contributed by atoms with E-state index in [0.717, 1.165) is 4.88 Å². The molecule has 0 saturated carbocycles. The quantitative estimate of drug-likeness (QED) is 0.664. The van der Waals surface area contributed by atoms with Gasteiger partial charge in [-0.2, -0.15) is 0 Å². The smallest absolute Gasteiger partial charge is 0.326 e. The standard InChI is InChI=1S/C13H19N3O4S/c1-2-16(8-9-4-3-7-21-9)13(20)15-10(12(18)19)5-6-11(14)17/h3-4,7,10H,2,5-6,8H2,1H3,(H2,14,17)(H,15,20)(H,18,19). The number of hydrogen-bond donors (Lipinski definition) is 3. The Labute approximate surface area is 126 Å². The van der Waals surface area contributed by atoms with Crippen LogP contribution in [-0.4, -0.2) is 40.5 Å². The zero-order valence-electron chi connectivity index (χ0n) is 11.7. The van der Waals surface area contributed by atoms with Crippen molar-refractivity contribution >= 4 is 29.2 Å². The van der Waals surface area contributed by atoms with Gasteiger partial charge < -0.3 is 21.1 Å². The molecular weight excluding hydrogens is 294 g/mol. The molecule has 1 aromatic rings. The van der Waals surface area contributed by atoms with Crippen molar-refractivity contribution in [2.75, 3.05) is 6.54 Å². The lowest BCUT2D eigenvalue weighted by atomic mass is 10.1. The molecule has 1 heterocycles. The van der Waals surface area contributed by atoms with E-state index < -0.39 is 23.9 Å². The first-order valence-corrected chi connectivity index (χ1v) is 7.41. The molecule has 0 radical (unpaired) electrons. The van der Waals surface area contributed by atoms with Gasteiger partial charge in [-0.1, -0.05) is 6.07 Å². The number of urea groups is 1. The van der Waals surface area contributed by atoms with Crippen LogP contribution in [-0.2, 0) is 16.1 Å². The predicted octanol–water partition coefficient (Wildman–Crippen LogP) is 0.998. The summed E-state index contributed by atoms with van der Waals surface area (Å²) in [6, 6.07) is 2.20. The van der Waals surface area contributed by atoms with Crippen molar-refractivity contribution in [3.63, 3.8) is 0 Å². The average Bonchev–Trinajstić information content (AvgIpc) is 2.92. The van der Waals surface area contributed by atoms with Gasteiger partial charge in [0, 0.05) is 17.8 Å². The number of aliphatic carboxylic acids is 1. The molecule has 21 heavy (non-hydrogen) atoms. The average molecular weight is 313 g/mol. The molecule has 1 atom stereocenters. The van der Waals surface area contributed by atoms with E-state index in [9.17, 15) is 14.4 Å². The van der Waals surface area contributed by atoms with E-state index >= 15 is 0 Å². The SMILES string of the molecule is CCN(Cc1cccs1)C(=O)NC(CCC(N)=O)C(=O)O. The van der Waals surface area contributed by atoms with Crippen molar-refractivity contribution in [2.45, 2.75) is 32.4 Å². The molecule has 7 nitrogen and oxygen atoms in total. The van der Waals surface area contributed by atoms with Crippen molar-refractivity contribution in [1.82, 2.24) is 10.2 Å². The zero-order valence-corrected chi connectivity index (χ0v) is 12.6. The van der Waals surface area contributed by atoms with Crippen molar-refractivity contribution in [2.24, 2.45) is 5.73 Å². The maximum Gasteiger partial charge on any atom is 0.326 e. The highest BCUT2D eigenvalue weighted by Gasteiger charge is 2.23. The Kier molecular flexibility index (Phi) is 6.67. The molecule has 1 rings (SSSR count). The Morgan fingerprint density at radius 1 is 1.48 bits per heavy atom. The Morgan fingerprint density at radius 2 is 2.19 bits per heavy atom. The third kappa shape index (κ3) is 5.82. The van der Waals surface area contributed by atoms with Gasteiger partial charge in [0.2, 0.25) is 5.91 Å². The van der Waals surface area contributed by atoms with Crippen molar-refractivity contribution in [3.8, 4) is 0 Å². The predicted molar refractivity (Wildman–Crippen MR) is 78.8 cm³/mol. The number of amides is 3. The van der Waals surface area contributed by atoms with Crippen LogP contribution in [0.4, 0.5) is 4.79 Å². The summed E-state index contributed by atoms with van der Waals surface area (Å²) in [5.41, 5.74) is 4.99. The van der Waals surface area contributed by atoms with E-state index in [1.54, 1.807) is 0 Å². The van der Waals surface area contributed by atoms with Gasteiger partial charge in [-0.15, -0.1) is 11.3 Å². The van der Waals surface area contributed by atoms with E-state index in [-0.39, 0.29) is 12.8 Å². The monoisotopic (exact) mass is 313 g/mol. The maximum atomic E-state index is 12.1. The fraction of sp³-hybridized carbons (Fsp3) is 0.462. The second kappa shape index (κ2) is 8.25. The van der Waals surface area contributed by atoms with E-state index in [0.29, 0.717) is 13.1 Å². The number of primary amides is 1. The van der Waals surface area contributed by atoms with Crippen LogP contribution in [0.25, 0.3) is 0 Å². The maximum absolute atomic E-state index is 12.1. The largest absolute Gasteiger partial charge is 0.480 e. The molecule has 0 saturated heterocycles. The van der Waals surface area contributed by atoms with Crippen LogP contribution in [0.3, 0.4) is 0 Å². The topological polar surface area (TPSA) is 113 Å². The molecule has 0 bridgehead atoms. The van der Waals surface area contributed by atoms with Crippen LogP contribution in [0, 0.1) is 0 Å². The second-order valence-electron chi connectivity index (χ2n) is 4.44. The molecular formula is C13H19N3O4S. The molecule has 0 aliphatic heterocycles. The molecule has 1 unspecified atom stereocenters. The lowest BCUT2D eigenvalue weighted by Gasteiger charge is -2.23. The van der Waals surface area contributed by atoms with Gasteiger partial charge in [-0.3, -0.25) is 4.79 Å². The Balaban J connectivity index is 2.61. The highest BCUT2D eigenvalue weighted by Crippen LogP contribution is 2.12. The minimum absolute atomic E-state index is 0.0209. The second-order valence-corrected chi connectivity index (χ2v) is 5.47. The Bertz CT molecular complexity index is 490. The molecule has 0 aliphatic rings. The number of carbonyl (C=O) groups is 3. The van der Waals surface area contributed by atoms with Crippen LogP contribution in [0.1, 0.15) is 24.6 Å². The van der Waals surface area contributed by atoms with Crippen molar-refractivity contribution in [1.29, 1.82) is 0 Å². The molecule has 1 aromatic heterocycles. The van der Waals surface area contributed by atoms with Gasteiger partial charge in [0.05, 0.1) is 6.54 Å². The summed E-state index contributed by atoms with van der Waals surface area (Å²) in [4.78, 5) is 36.4. The van der Waals surface area contributed by atoms with E-state index in [1.165, 1.54) is 16.2 Å². The number of carboxylic acid groups (broad SMARTS) is 1. The summed E-state index contributed by atoms with van der Waals surface area (Å²) in [6.07, 6.45) is -0.110. The van der Waals surface area contributed by atoms with E-state index in [1.807, 2.05) is 24.4 Å². The highest BCUT2D eigenvalue weighted by molar-refractivity contribution is 7.09. The first-order valence-electron chi connectivity index (χ1n) is 6.53. The minimum atomic E-state index is -1.18. The van der Waals surface area contributed by atoms with Gasteiger partial charge in [-0.05, 0) is 24.8 Å². The van der Waals surface area contributed by atoms with Gasteiger partial charge in [-0.25, -0.2) is 9.59 Å². The summed E-state index contributed by atoms with van der Waals surface area (Å²) >= 11 is 1.52. The van der Waals surface area contributed by atoms with Crippen molar-refractivity contribution in [3.05, 3.63) is 22.4 Å². The summed E-state index contributed by atoms with van der Waals surface area (Å²) in [7, 11) is 0. The summed E-state index contributed by atoms with van der Waals surface area (Å²) in [5.74, 6) is -1.78. The first-order chi connectivity index (χ1) is 9.93. The summed E-state index contributed by atoms with van der Waals surface area (Å²) < 4.78 is 0. The third-order valence-corrected chi connectivity index (χ3v) is 3.73. The Hall–Kier alpha value is -2.09. The van der Waals surface area contributed by atoms with Crippen LogP contribution >= 0.6 is 11.3 Å². The van der Waals surface area contributed by atoms with E-state index in [2.05, 4.69) is 5.32 Å². The van der Waals surface area contributed by atoms with E-state index in [4.69, 9.17) is 10.8 Å². The molecule has 0 spiro atoms. The fourth-order valence-corrected chi connectivity index (χ4v) is 2.42. The molecule has 116 valence electrons. The van der Waals surface area contributed by atoms with Gasteiger partial charge in [0.1, 0.15) is 6.04 Å². The van der Waals surface area contributed by atoms with Crippen LogP contribution < -0.4 is 11.1 Å². The number of carboxylic acids is 1. The molecule has 4 N–H and O–H groups in total. The number of thiophene rings is 1. The molecule has 0 aliphatic carbocycles. The molecule has 8 heteroatoms. The number of nitrogens with one attached hydrogen (secondary N) is 1. The normalized spacial score (nSPS) is 11.7. The van der Waals surface area contributed by atoms with Crippen molar-refractivity contribution < 1.29 is 19.5 Å². The number of hydrogen-bond acceptors (Lipinski definition) is 4. The molecule has 0 aromatic carbocycles. The lowest BCUT2D eigenvalue weighted by Crippen LogP contribution is -2.47. The fourth-order valence-electron chi connectivity index (χ4n) is 1.70. The third-order valence-electron chi connectivity index (χ3n) is 2.87.